The fraction of sp³-hybridized carbons (Fsp3) is 0.393. The number of anilines is 1. The van der Waals surface area contributed by atoms with Crippen molar-refractivity contribution in [2.75, 3.05) is 51.4 Å². The third kappa shape index (κ3) is 5.53. The van der Waals surface area contributed by atoms with Gasteiger partial charge in [0.05, 0.1) is 24.8 Å². The molecule has 0 aliphatic carbocycles. The zero-order chi connectivity index (χ0) is 24.9. The summed E-state index contributed by atoms with van der Waals surface area (Å²) in [4.78, 5) is 27.2. The topological polar surface area (TPSA) is 67.8 Å². The Kier molecular flexibility index (Phi) is 7.80. The molecule has 2 aliphatic rings. The summed E-state index contributed by atoms with van der Waals surface area (Å²) in [5, 5.41) is 0.709. The Morgan fingerprint density at radius 3 is 2.47 bits per heavy atom. The minimum absolute atomic E-state index is 0.00550. The predicted molar refractivity (Wildman–Crippen MR) is 140 cm³/mol. The summed E-state index contributed by atoms with van der Waals surface area (Å²) in [6.45, 7) is 4.36. The Balaban J connectivity index is 1.48. The van der Waals surface area contributed by atoms with E-state index >= 15 is 0 Å². The van der Waals surface area contributed by atoms with Gasteiger partial charge in [0.2, 0.25) is 5.91 Å². The number of hydrogen-bond acceptors (Lipinski definition) is 6. The molecule has 1 atom stereocenters. The highest BCUT2D eigenvalue weighted by molar-refractivity contribution is 6.30. The normalized spacial score (nSPS) is 18.0. The molecule has 2 fully saturated rings. The van der Waals surface area contributed by atoms with Crippen LogP contribution in [0.4, 0.5) is 5.82 Å². The zero-order valence-corrected chi connectivity index (χ0v) is 21.3. The van der Waals surface area contributed by atoms with Gasteiger partial charge in [0.25, 0.3) is 0 Å². The maximum absolute atomic E-state index is 12.9. The molecule has 7 nitrogen and oxygen atoms in total. The molecule has 0 saturated carbocycles. The third-order valence-corrected chi connectivity index (χ3v) is 7.10. The molecular weight excluding hydrogens is 476 g/mol. The van der Waals surface area contributed by atoms with Crippen LogP contribution >= 0.6 is 11.6 Å². The Morgan fingerprint density at radius 1 is 1.06 bits per heavy atom. The summed E-state index contributed by atoms with van der Waals surface area (Å²) in [7, 11) is 1.69. The van der Waals surface area contributed by atoms with Crippen molar-refractivity contribution in [2.45, 2.75) is 19.4 Å². The average molecular weight is 507 g/mol. The molecule has 0 unspecified atom stereocenters. The number of benzene rings is 2. The summed E-state index contributed by atoms with van der Waals surface area (Å²) in [6.07, 6.45) is 1.48. The van der Waals surface area contributed by atoms with Crippen molar-refractivity contribution in [1.29, 1.82) is 0 Å². The van der Waals surface area contributed by atoms with E-state index < -0.39 is 0 Å². The van der Waals surface area contributed by atoms with Crippen LogP contribution in [0, 0.1) is 5.92 Å². The van der Waals surface area contributed by atoms with Gasteiger partial charge in [0, 0.05) is 62.5 Å². The van der Waals surface area contributed by atoms with Gasteiger partial charge in [-0.15, -0.1) is 0 Å². The molecule has 0 spiro atoms. The molecule has 1 aromatic heterocycles. The fourth-order valence-electron chi connectivity index (χ4n) is 4.86. The minimum atomic E-state index is -0.00550. The second-order valence-electron chi connectivity index (χ2n) is 9.27. The molecule has 0 radical (unpaired) electrons. The van der Waals surface area contributed by atoms with Crippen LogP contribution in [-0.4, -0.2) is 67.3 Å². The Hall–Kier alpha value is -3.00. The number of aromatic nitrogens is 2. The lowest BCUT2D eigenvalue weighted by Crippen LogP contribution is -2.51. The van der Waals surface area contributed by atoms with Crippen molar-refractivity contribution in [3.8, 4) is 11.4 Å². The second kappa shape index (κ2) is 11.4. The molecule has 2 aromatic carbocycles. The van der Waals surface area contributed by atoms with Gasteiger partial charge >= 0.3 is 0 Å². The maximum atomic E-state index is 12.9. The van der Waals surface area contributed by atoms with Gasteiger partial charge in [-0.05, 0) is 24.1 Å². The number of carbonyl (C=O) groups is 1. The van der Waals surface area contributed by atoms with Crippen LogP contribution in [0.5, 0.6) is 0 Å². The largest absolute Gasteiger partial charge is 0.381 e. The van der Waals surface area contributed by atoms with E-state index in [1.54, 1.807) is 7.11 Å². The number of hydrogen-bond donors (Lipinski definition) is 0. The number of halogens is 1. The first-order chi connectivity index (χ1) is 17.6. The summed E-state index contributed by atoms with van der Waals surface area (Å²) in [5.74, 6) is 1.79. The van der Waals surface area contributed by atoms with E-state index in [0.29, 0.717) is 63.3 Å². The first-order valence-electron chi connectivity index (χ1n) is 12.4. The van der Waals surface area contributed by atoms with Gasteiger partial charge < -0.3 is 19.3 Å². The Labute approximate surface area is 217 Å². The highest BCUT2D eigenvalue weighted by Crippen LogP contribution is 2.30. The third-order valence-electron chi connectivity index (χ3n) is 6.85. The van der Waals surface area contributed by atoms with Gasteiger partial charge in [0.15, 0.2) is 5.82 Å². The summed E-state index contributed by atoms with van der Waals surface area (Å²) >= 11 is 6.13. The van der Waals surface area contributed by atoms with E-state index in [1.165, 1.54) is 0 Å². The highest BCUT2D eigenvalue weighted by atomic mass is 35.5. The van der Waals surface area contributed by atoms with E-state index in [1.807, 2.05) is 59.5 Å². The molecular formula is C28H31ClN4O3. The molecule has 36 heavy (non-hydrogen) atoms. The Morgan fingerprint density at radius 2 is 1.81 bits per heavy atom. The number of piperazine rings is 1. The van der Waals surface area contributed by atoms with Crippen LogP contribution in [-0.2, 0) is 27.3 Å². The first kappa shape index (κ1) is 24.7. The van der Waals surface area contributed by atoms with Crippen molar-refractivity contribution >= 4 is 23.3 Å². The van der Waals surface area contributed by atoms with Gasteiger partial charge in [-0.1, -0.05) is 54.1 Å². The fourth-order valence-corrected chi connectivity index (χ4v) is 4.99. The molecule has 3 aromatic rings. The van der Waals surface area contributed by atoms with Crippen molar-refractivity contribution < 1.29 is 14.3 Å². The van der Waals surface area contributed by atoms with Crippen LogP contribution in [0.25, 0.3) is 11.4 Å². The first-order valence-corrected chi connectivity index (χ1v) is 12.8. The molecule has 2 saturated heterocycles. The van der Waals surface area contributed by atoms with Gasteiger partial charge in [-0.2, -0.15) is 0 Å². The van der Waals surface area contributed by atoms with Crippen LogP contribution in [0.15, 0.2) is 54.6 Å². The minimum Gasteiger partial charge on any atom is -0.381 e. The predicted octanol–water partition coefficient (Wildman–Crippen LogP) is 4.22. The van der Waals surface area contributed by atoms with Crippen LogP contribution in [0.2, 0.25) is 5.02 Å². The Bertz CT molecular complexity index is 1180. The molecule has 8 heteroatoms. The van der Waals surface area contributed by atoms with Gasteiger partial charge in [-0.3, -0.25) is 4.79 Å². The van der Waals surface area contributed by atoms with Gasteiger partial charge in [0.1, 0.15) is 5.82 Å². The van der Waals surface area contributed by atoms with Crippen molar-refractivity contribution in [3.63, 3.8) is 0 Å². The molecule has 0 bridgehead atoms. The van der Waals surface area contributed by atoms with Gasteiger partial charge in [-0.25, -0.2) is 9.97 Å². The summed E-state index contributed by atoms with van der Waals surface area (Å²) < 4.78 is 11.0. The smallest absolute Gasteiger partial charge is 0.228 e. The summed E-state index contributed by atoms with van der Waals surface area (Å²) in [6, 6.07) is 17.9. The molecule has 188 valence electrons. The quantitative estimate of drug-likeness (QED) is 0.478. The van der Waals surface area contributed by atoms with E-state index in [0.717, 1.165) is 34.6 Å². The monoisotopic (exact) mass is 506 g/mol. The highest BCUT2D eigenvalue weighted by Gasteiger charge is 2.31. The molecule has 2 aliphatic heterocycles. The SMILES string of the molecule is COCc1nc(-c2ccccc2)nc(N2CCN(C(=O)[C@H]3CCOC3)CC2)c1Cc1ccc(Cl)cc1. The number of carbonyl (C=O) groups excluding carboxylic acids is 1. The van der Waals surface area contributed by atoms with Crippen molar-refractivity contribution in [1.82, 2.24) is 14.9 Å². The lowest BCUT2D eigenvalue weighted by atomic mass is 10.0. The number of amides is 1. The number of methoxy groups -OCH3 is 1. The number of nitrogens with zero attached hydrogens (tertiary/aromatic N) is 4. The lowest BCUT2D eigenvalue weighted by Gasteiger charge is -2.37. The van der Waals surface area contributed by atoms with Crippen LogP contribution in [0.3, 0.4) is 0 Å². The zero-order valence-electron chi connectivity index (χ0n) is 20.5. The summed E-state index contributed by atoms with van der Waals surface area (Å²) in [5.41, 5.74) is 4.01. The second-order valence-corrected chi connectivity index (χ2v) is 9.71. The van der Waals surface area contributed by atoms with E-state index in [2.05, 4.69) is 4.90 Å². The number of ether oxygens (including phenoxy) is 2. The standard InChI is InChI=1S/C28H31ClN4O3/c1-35-19-25-24(17-20-7-9-23(29)10-8-20)27(31-26(30-25)21-5-3-2-4-6-21)32-12-14-33(15-13-32)28(34)22-11-16-36-18-22/h2-10,22H,11-19H2,1H3/t22-/m0/s1. The maximum Gasteiger partial charge on any atom is 0.228 e. The molecule has 3 heterocycles. The number of rotatable bonds is 7. The lowest BCUT2D eigenvalue weighted by molar-refractivity contribution is -0.135. The van der Waals surface area contributed by atoms with Crippen LogP contribution in [0.1, 0.15) is 23.2 Å². The van der Waals surface area contributed by atoms with E-state index in [9.17, 15) is 4.79 Å². The van der Waals surface area contributed by atoms with Crippen molar-refractivity contribution in [3.05, 3.63) is 76.4 Å². The molecule has 5 rings (SSSR count). The molecule has 0 N–H and O–H groups in total. The van der Waals surface area contributed by atoms with Crippen molar-refractivity contribution in [2.24, 2.45) is 5.92 Å². The van der Waals surface area contributed by atoms with E-state index in [4.69, 9.17) is 31.0 Å². The molecule has 1 amide bonds. The van der Waals surface area contributed by atoms with Crippen LogP contribution < -0.4 is 4.90 Å². The average Bonchev–Trinajstić information content (AvgIpc) is 3.46. The van der Waals surface area contributed by atoms with E-state index in [-0.39, 0.29) is 11.8 Å².